The van der Waals surface area contributed by atoms with E-state index in [4.69, 9.17) is 0 Å². The Labute approximate surface area is 124 Å². The highest BCUT2D eigenvalue weighted by atomic mass is 79.9. The van der Waals surface area contributed by atoms with Gasteiger partial charge in [0.2, 0.25) is 5.13 Å². The fraction of sp³-hybridized carbons (Fsp3) is 0.273. The molecule has 1 aromatic carbocycles. The molecule has 0 radical (unpaired) electrons. The van der Waals surface area contributed by atoms with Crippen LogP contribution in [0.1, 0.15) is 12.5 Å². The highest BCUT2D eigenvalue weighted by molar-refractivity contribution is 9.10. The van der Waals surface area contributed by atoms with Gasteiger partial charge in [0, 0.05) is 11.5 Å². The molecule has 0 aliphatic rings. The molecule has 102 valence electrons. The summed E-state index contributed by atoms with van der Waals surface area (Å²) in [6, 6.07) is 5.01. The van der Waals surface area contributed by atoms with Crippen molar-refractivity contribution in [2.45, 2.75) is 18.2 Å². The summed E-state index contributed by atoms with van der Waals surface area (Å²) in [7, 11) is -2.12. The summed E-state index contributed by atoms with van der Waals surface area (Å²) in [5.41, 5.74) is 2.45. The fourth-order valence-corrected chi connectivity index (χ4v) is 4.02. The number of benzene rings is 1. The number of anilines is 1. The first-order valence-electron chi connectivity index (χ1n) is 5.50. The summed E-state index contributed by atoms with van der Waals surface area (Å²) in [6.45, 7) is 1.98. The third-order valence-electron chi connectivity index (χ3n) is 2.67. The topological polar surface area (TPSA) is 63.2 Å². The number of halogens is 1. The van der Waals surface area contributed by atoms with Gasteiger partial charge in [-0.15, -0.1) is 10.2 Å². The van der Waals surface area contributed by atoms with Crippen molar-refractivity contribution >= 4 is 42.4 Å². The molecular weight excluding hydrogens is 350 g/mol. The van der Waals surface area contributed by atoms with E-state index in [1.807, 2.05) is 6.92 Å². The van der Waals surface area contributed by atoms with Gasteiger partial charge in [-0.25, -0.2) is 12.7 Å². The van der Waals surface area contributed by atoms with Crippen LogP contribution in [0.15, 0.2) is 33.1 Å². The second-order valence-corrected chi connectivity index (χ2v) is 7.44. The summed E-state index contributed by atoms with van der Waals surface area (Å²) >= 11 is 4.59. The maximum Gasteiger partial charge on any atom is 0.265 e. The number of hydrogen-bond acceptors (Lipinski definition) is 5. The zero-order valence-electron chi connectivity index (χ0n) is 10.4. The highest BCUT2D eigenvalue weighted by Gasteiger charge is 2.23. The van der Waals surface area contributed by atoms with Crippen LogP contribution in [0.4, 0.5) is 5.13 Å². The molecule has 5 nitrogen and oxygen atoms in total. The Morgan fingerprint density at radius 1 is 1.42 bits per heavy atom. The normalized spacial score (nSPS) is 11.5. The van der Waals surface area contributed by atoms with Gasteiger partial charge in [0.05, 0.1) is 4.90 Å². The van der Waals surface area contributed by atoms with Gasteiger partial charge in [0.1, 0.15) is 5.51 Å². The van der Waals surface area contributed by atoms with Gasteiger partial charge in [-0.1, -0.05) is 34.2 Å². The Hall–Kier alpha value is -0.990. The summed E-state index contributed by atoms with van der Waals surface area (Å²) in [4.78, 5) is 0.255. The van der Waals surface area contributed by atoms with Gasteiger partial charge in [0.25, 0.3) is 10.0 Å². The smallest absolute Gasteiger partial charge is 0.243 e. The van der Waals surface area contributed by atoms with Crippen LogP contribution >= 0.6 is 27.3 Å². The second-order valence-electron chi connectivity index (χ2n) is 3.80. The molecular formula is C11H12BrN3O2S2. The van der Waals surface area contributed by atoms with Gasteiger partial charge >= 0.3 is 0 Å². The minimum absolute atomic E-state index is 0.255. The van der Waals surface area contributed by atoms with Crippen molar-refractivity contribution in [2.24, 2.45) is 0 Å². The zero-order valence-corrected chi connectivity index (χ0v) is 13.6. The van der Waals surface area contributed by atoms with Crippen LogP contribution in [0.2, 0.25) is 0 Å². The van der Waals surface area contributed by atoms with E-state index < -0.39 is 10.0 Å². The van der Waals surface area contributed by atoms with Crippen LogP contribution in [-0.4, -0.2) is 25.7 Å². The SMILES string of the molecule is CCc1cc(S(=O)(=O)N(C)c2nncs2)ccc1Br. The van der Waals surface area contributed by atoms with Crippen LogP contribution in [-0.2, 0) is 16.4 Å². The third kappa shape index (κ3) is 2.80. The molecule has 0 aliphatic heterocycles. The van der Waals surface area contributed by atoms with E-state index in [1.54, 1.807) is 18.2 Å². The molecule has 0 amide bonds. The Morgan fingerprint density at radius 2 is 2.16 bits per heavy atom. The molecule has 0 bridgehead atoms. The van der Waals surface area contributed by atoms with E-state index in [0.717, 1.165) is 20.8 Å². The minimum Gasteiger partial charge on any atom is -0.243 e. The number of sulfonamides is 1. The van der Waals surface area contributed by atoms with E-state index in [1.165, 1.54) is 23.9 Å². The van der Waals surface area contributed by atoms with Crippen molar-refractivity contribution in [3.05, 3.63) is 33.7 Å². The van der Waals surface area contributed by atoms with Crippen LogP contribution in [0.5, 0.6) is 0 Å². The Bertz CT molecular complexity index is 671. The highest BCUT2D eigenvalue weighted by Crippen LogP contribution is 2.26. The Morgan fingerprint density at radius 3 is 2.74 bits per heavy atom. The minimum atomic E-state index is -3.59. The van der Waals surface area contributed by atoms with Crippen molar-refractivity contribution in [2.75, 3.05) is 11.4 Å². The molecule has 8 heteroatoms. The molecule has 0 N–H and O–H groups in total. The van der Waals surface area contributed by atoms with Crippen molar-refractivity contribution in [3.63, 3.8) is 0 Å². The predicted molar refractivity (Wildman–Crippen MR) is 79.0 cm³/mol. The monoisotopic (exact) mass is 361 g/mol. The number of nitrogens with zero attached hydrogens (tertiary/aromatic N) is 3. The molecule has 0 spiro atoms. The molecule has 19 heavy (non-hydrogen) atoms. The quantitative estimate of drug-likeness (QED) is 0.839. The maximum absolute atomic E-state index is 12.5. The Kier molecular flexibility index (Phi) is 4.22. The molecule has 1 heterocycles. The standard InChI is InChI=1S/C11H12BrN3O2S2/c1-3-8-6-9(4-5-10(8)12)19(16,17)15(2)11-14-13-7-18-11/h4-7H,3H2,1-2H3. The first-order valence-corrected chi connectivity index (χ1v) is 8.61. The van der Waals surface area contributed by atoms with Crippen LogP contribution < -0.4 is 4.31 Å². The zero-order chi connectivity index (χ0) is 14.0. The van der Waals surface area contributed by atoms with Crippen molar-refractivity contribution in [1.82, 2.24) is 10.2 Å². The number of aryl methyl sites for hydroxylation is 1. The average molecular weight is 362 g/mol. The number of rotatable bonds is 4. The van der Waals surface area contributed by atoms with Crippen molar-refractivity contribution in [1.29, 1.82) is 0 Å². The summed E-state index contributed by atoms with van der Waals surface area (Å²) in [6.07, 6.45) is 0.756. The molecule has 0 atom stereocenters. The Balaban J connectivity index is 2.45. The van der Waals surface area contributed by atoms with E-state index in [2.05, 4.69) is 26.1 Å². The molecule has 0 fully saturated rings. The lowest BCUT2D eigenvalue weighted by molar-refractivity contribution is 0.594. The third-order valence-corrected chi connectivity index (χ3v) is 6.07. The largest absolute Gasteiger partial charge is 0.265 e. The van der Waals surface area contributed by atoms with Gasteiger partial charge in [-0.2, -0.15) is 0 Å². The summed E-state index contributed by atoms with van der Waals surface area (Å²) < 4.78 is 27.0. The van der Waals surface area contributed by atoms with E-state index in [-0.39, 0.29) is 4.90 Å². The van der Waals surface area contributed by atoms with Gasteiger partial charge in [0.15, 0.2) is 0 Å². The molecule has 2 rings (SSSR count). The second kappa shape index (κ2) is 5.56. The van der Waals surface area contributed by atoms with Crippen molar-refractivity contribution < 1.29 is 8.42 Å². The van der Waals surface area contributed by atoms with E-state index >= 15 is 0 Å². The first-order chi connectivity index (χ1) is 8.96. The van der Waals surface area contributed by atoms with Gasteiger partial charge in [-0.05, 0) is 30.2 Å². The summed E-state index contributed by atoms with van der Waals surface area (Å²) in [5.74, 6) is 0. The van der Waals surface area contributed by atoms with Crippen LogP contribution in [0, 0.1) is 0 Å². The molecule has 0 unspecified atom stereocenters. The lowest BCUT2D eigenvalue weighted by Gasteiger charge is -2.16. The average Bonchev–Trinajstić information content (AvgIpc) is 2.91. The fourth-order valence-electron chi connectivity index (χ4n) is 1.55. The van der Waals surface area contributed by atoms with Gasteiger partial charge in [-0.3, -0.25) is 0 Å². The number of aromatic nitrogens is 2. The van der Waals surface area contributed by atoms with E-state index in [9.17, 15) is 8.42 Å². The first kappa shape index (κ1) is 14.4. The molecule has 2 aromatic rings. The van der Waals surface area contributed by atoms with Gasteiger partial charge < -0.3 is 0 Å². The lowest BCUT2D eigenvalue weighted by atomic mass is 10.2. The number of hydrogen-bond donors (Lipinski definition) is 0. The molecule has 0 saturated carbocycles. The lowest BCUT2D eigenvalue weighted by Crippen LogP contribution is -2.26. The molecule has 1 aromatic heterocycles. The summed E-state index contributed by atoms with van der Waals surface area (Å²) in [5, 5.41) is 7.78. The molecule has 0 saturated heterocycles. The van der Waals surface area contributed by atoms with Crippen LogP contribution in [0.3, 0.4) is 0 Å². The predicted octanol–water partition coefficient (Wildman–Crippen LogP) is 2.69. The van der Waals surface area contributed by atoms with Crippen LogP contribution in [0.25, 0.3) is 0 Å². The maximum atomic E-state index is 12.5. The van der Waals surface area contributed by atoms with E-state index in [0.29, 0.717) is 5.13 Å². The molecule has 0 aliphatic carbocycles. The van der Waals surface area contributed by atoms with Crippen molar-refractivity contribution in [3.8, 4) is 0 Å².